The van der Waals surface area contributed by atoms with E-state index in [1.807, 2.05) is 0 Å². The molecule has 104 valence electrons. The molecule has 0 saturated heterocycles. The van der Waals surface area contributed by atoms with Gasteiger partial charge in [0.25, 0.3) is 0 Å². The maximum absolute atomic E-state index is 10.3. The molecule has 0 spiro atoms. The van der Waals surface area contributed by atoms with Gasteiger partial charge in [-0.25, -0.2) is 4.79 Å². The summed E-state index contributed by atoms with van der Waals surface area (Å²) in [6, 6.07) is 5.81. The number of rotatable bonds is 1. The average molecular weight is 390 g/mol. The topological polar surface area (TPSA) is 57.5 Å². The molecule has 0 heterocycles. The predicted molar refractivity (Wildman–Crippen MR) is 81.4 cm³/mol. The Morgan fingerprint density at radius 2 is 1.26 bits per heavy atom. The molecule has 0 aliphatic rings. The van der Waals surface area contributed by atoms with Crippen LogP contribution in [0.25, 0.3) is 0 Å². The average Bonchev–Trinajstić information content (AvgIpc) is 2.15. The van der Waals surface area contributed by atoms with E-state index in [1.54, 1.807) is 12.1 Å². The molecule has 0 saturated carbocycles. The number of phenols is 1. The monoisotopic (exact) mass is 390 g/mol. The van der Waals surface area contributed by atoms with Gasteiger partial charge in [0, 0.05) is 0 Å². The molecule has 19 heavy (non-hydrogen) atoms. The Balaban J connectivity index is -0.000000242. The second-order valence-electron chi connectivity index (χ2n) is 4.82. The molecule has 1 aromatic carbocycles. The second kappa shape index (κ2) is 14.5. The first-order chi connectivity index (χ1) is 8.18. The smallest absolute Gasteiger partial charge is 0.507 e. The van der Waals surface area contributed by atoms with Gasteiger partial charge in [-0.2, -0.15) is 41.5 Å². The number of carboxylic acids is 1. The Hall–Kier alpha value is 0.0614. The number of para-hydroxylation sites is 1. The van der Waals surface area contributed by atoms with E-state index in [0.717, 1.165) is 0 Å². The standard InChI is InChI=1S/C7H6O3.2C4H9.Ba/c8-6-4-2-1-3-5(6)7(9)10;2*1-4(2)3;/h1-4,8H,(H,9,10);2*1-3H3;/q;2*-1;+2. The van der Waals surface area contributed by atoms with Gasteiger partial charge in [0.05, 0.1) is 0 Å². The van der Waals surface area contributed by atoms with E-state index in [4.69, 9.17) is 10.2 Å². The third-order valence-electron chi connectivity index (χ3n) is 1.13. The zero-order chi connectivity index (χ0) is 14.7. The first kappa shape index (κ1) is 24.1. The number of hydrogen-bond acceptors (Lipinski definition) is 2. The molecule has 0 aliphatic carbocycles. The van der Waals surface area contributed by atoms with E-state index in [0.29, 0.717) is 0 Å². The van der Waals surface area contributed by atoms with Crippen molar-refractivity contribution in [1.29, 1.82) is 0 Å². The SMILES string of the molecule is C[C-](C)C.C[C-](C)C.O=C(O)c1ccccc1O.[Ba+2]. The van der Waals surface area contributed by atoms with Gasteiger partial charge in [0.2, 0.25) is 0 Å². The van der Waals surface area contributed by atoms with Gasteiger partial charge < -0.3 is 22.0 Å². The van der Waals surface area contributed by atoms with Crippen molar-refractivity contribution in [3.05, 3.63) is 41.7 Å². The summed E-state index contributed by atoms with van der Waals surface area (Å²) in [5, 5.41) is 17.3. The Labute approximate surface area is 157 Å². The van der Waals surface area contributed by atoms with Crippen molar-refractivity contribution in [2.45, 2.75) is 41.5 Å². The van der Waals surface area contributed by atoms with Crippen LogP contribution in [0.3, 0.4) is 0 Å². The van der Waals surface area contributed by atoms with E-state index in [9.17, 15) is 4.79 Å². The molecule has 1 rings (SSSR count). The van der Waals surface area contributed by atoms with Crippen LogP contribution in [0.15, 0.2) is 24.3 Å². The molecule has 4 heteroatoms. The van der Waals surface area contributed by atoms with E-state index >= 15 is 0 Å². The van der Waals surface area contributed by atoms with Crippen molar-refractivity contribution in [3.8, 4) is 5.75 Å². The van der Waals surface area contributed by atoms with Gasteiger partial charge in [-0.15, -0.1) is 0 Å². The van der Waals surface area contributed by atoms with Gasteiger partial charge >= 0.3 is 54.9 Å². The van der Waals surface area contributed by atoms with Crippen molar-refractivity contribution in [2.75, 3.05) is 0 Å². The van der Waals surface area contributed by atoms with Gasteiger partial charge in [0.15, 0.2) is 0 Å². The number of carbonyl (C=O) groups is 1. The number of carboxylic acid groups (broad SMARTS) is 1. The Morgan fingerprint density at radius 3 is 1.47 bits per heavy atom. The molecule has 3 nitrogen and oxygen atoms in total. The molecule has 0 fully saturated rings. The molecular formula is C15H24BaO3. The van der Waals surface area contributed by atoms with Crippen LogP contribution >= 0.6 is 0 Å². The fraction of sp³-hybridized carbons (Fsp3) is 0.400. The van der Waals surface area contributed by atoms with E-state index in [1.165, 1.54) is 24.0 Å². The summed E-state index contributed by atoms with van der Waals surface area (Å²) >= 11 is 0. The molecule has 0 atom stereocenters. The van der Waals surface area contributed by atoms with E-state index < -0.39 is 5.97 Å². The summed E-state index contributed by atoms with van der Waals surface area (Å²) in [5.74, 6) is 1.52. The molecular weight excluding hydrogens is 365 g/mol. The third-order valence-corrected chi connectivity index (χ3v) is 1.13. The van der Waals surface area contributed by atoms with Crippen molar-refractivity contribution in [1.82, 2.24) is 0 Å². The van der Waals surface area contributed by atoms with E-state index in [2.05, 4.69) is 41.5 Å². The first-order valence-corrected chi connectivity index (χ1v) is 5.73. The summed E-state index contributed by atoms with van der Waals surface area (Å²) < 4.78 is 0. The van der Waals surface area contributed by atoms with Crippen LogP contribution in [0.4, 0.5) is 0 Å². The van der Waals surface area contributed by atoms with Crippen molar-refractivity contribution < 1.29 is 15.0 Å². The first-order valence-electron chi connectivity index (χ1n) is 5.73. The summed E-state index contributed by atoms with van der Waals surface area (Å²) in [5.41, 5.74) is -0.0671. The zero-order valence-electron chi connectivity index (χ0n) is 12.8. The van der Waals surface area contributed by atoms with Crippen LogP contribution in [0.1, 0.15) is 51.9 Å². The van der Waals surface area contributed by atoms with Crippen LogP contribution in [-0.2, 0) is 0 Å². The summed E-state index contributed by atoms with van der Waals surface area (Å²) in [4.78, 5) is 10.3. The van der Waals surface area contributed by atoms with Crippen LogP contribution in [0, 0.1) is 11.8 Å². The molecule has 0 bridgehead atoms. The molecule has 1 aromatic rings. The normalized spacial score (nSPS) is 8.63. The number of benzene rings is 1. The maximum atomic E-state index is 10.3. The number of aromatic hydroxyl groups is 1. The third kappa shape index (κ3) is 20.5. The van der Waals surface area contributed by atoms with E-state index in [-0.39, 0.29) is 60.2 Å². The fourth-order valence-corrected chi connectivity index (χ4v) is 0.654. The molecule has 0 unspecified atom stereocenters. The predicted octanol–water partition coefficient (Wildman–Crippen LogP) is 3.95. The van der Waals surface area contributed by atoms with Crippen LogP contribution in [0.2, 0.25) is 0 Å². The second-order valence-corrected chi connectivity index (χ2v) is 4.82. The number of hydrogen-bond donors (Lipinski definition) is 2. The van der Waals surface area contributed by atoms with Crippen molar-refractivity contribution in [3.63, 3.8) is 0 Å². The summed E-state index contributed by atoms with van der Waals surface area (Å²) in [6.07, 6.45) is 0. The minimum absolute atomic E-state index is 0. The van der Waals surface area contributed by atoms with Crippen LogP contribution < -0.4 is 0 Å². The van der Waals surface area contributed by atoms with Gasteiger partial charge in [-0.1, -0.05) is 12.1 Å². The molecule has 0 aromatic heterocycles. The molecule has 0 radical (unpaired) electrons. The van der Waals surface area contributed by atoms with Crippen LogP contribution in [0.5, 0.6) is 5.75 Å². The zero-order valence-corrected chi connectivity index (χ0v) is 17.3. The Bertz CT molecular complexity index is 324. The molecule has 2 N–H and O–H groups in total. The summed E-state index contributed by atoms with van der Waals surface area (Å²) in [6.45, 7) is 12.5. The maximum Gasteiger partial charge on any atom is 2.00 e. The fourth-order valence-electron chi connectivity index (χ4n) is 0.654. The Kier molecular flexibility index (Phi) is 18.4. The van der Waals surface area contributed by atoms with Crippen LogP contribution in [-0.4, -0.2) is 65.1 Å². The Morgan fingerprint density at radius 1 is 0.947 bits per heavy atom. The quantitative estimate of drug-likeness (QED) is 0.565. The minimum atomic E-state index is -1.11. The molecule has 0 amide bonds. The van der Waals surface area contributed by atoms with Crippen molar-refractivity contribution >= 4 is 54.9 Å². The van der Waals surface area contributed by atoms with Gasteiger partial charge in [0.1, 0.15) is 11.3 Å². The number of aromatic carboxylic acids is 1. The largest absolute Gasteiger partial charge is 2.00 e. The summed E-state index contributed by atoms with van der Waals surface area (Å²) in [7, 11) is 0. The van der Waals surface area contributed by atoms with Gasteiger partial charge in [-0.3, -0.25) is 0 Å². The minimum Gasteiger partial charge on any atom is -0.507 e. The molecule has 0 aliphatic heterocycles. The van der Waals surface area contributed by atoms with Gasteiger partial charge in [-0.05, 0) is 12.1 Å². The van der Waals surface area contributed by atoms with Crippen molar-refractivity contribution in [2.24, 2.45) is 0 Å².